The van der Waals surface area contributed by atoms with Crippen molar-refractivity contribution in [2.75, 3.05) is 6.54 Å². The van der Waals surface area contributed by atoms with E-state index in [9.17, 15) is 4.79 Å². The summed E-state index contributed by atoms with van der Waals surface area (Å²) in [4.78, 5) is 15.1. The maximum absolute atomic E-state index is 12.4. The third kappa shape index (κ3) is 3.05. The van der Waals surface area contributed by atoms with E-state index in [2.05, 4.69) is 20.4 Å². The highest BCUT2D eigenvalue weighted by molar-refractivity contribution is 5.92. The standard InChI is InChI=1S/C18H16N6O2/c19-23-22-14-4-2-13(3-5-14)15-6-7-16(26-15)17(25)20-12-18(8-9-18)24-11-1-10-21-24/h1-7,10-11H,8-9,12H2,(H,20,25). The molecule has 1 aromatic carbocycles. The van der Waals surface area contributed by atoms with Crippen LogP contribution < -0.4 is 5.32 Å². The summed E-state index contributed by atoms with van der Waals surface area (Å²) in [6, 6.07) is 12.2. The van der Waals surface area contributed by atoms with E-state index in [1.165, 1.54) is 0 Å². The Morgan fingerprint density at radius 2 is 2.12 bits per heavy atom. The summed E-state index contributed by atoms with van der Waals surface area (Å²) >= 11 is 0. The fourth-order valence-corrected chi connectivity index (χ4v) is 2.87. The largest absolute Gasteiger partial charge is 0.451 e. The van der Waals surface area contributed by atoms with Crippen LogP contribution in [0.4, 0.5) is 5.69 Å². The Bertz CT molecular complexity index is 964. The molecule has 1 saturated carbocycles. The number of hydrogen-bond acceptors (Lipinski definition) is 4. The van der Waals surface area contributed by atoms with Crippen LogP contribution >= 0.6 is 0 Å². The number of aromatic nitrogens is 2. The molecule has 0 spiro atoms. The molecule has 2 heterocycles. The van der Waals surface area contributed by atoms with Crippen molar-refractivity contribution in [3.63, 3.8) is 0 Å². The van der Waals surface area contributed by atoms with E-state index in [0.717, 1.165) is 18.4 Å². The molecule has 0 saturated heterocycles. The summed E-state index contributed by atoms with van der Waals surface area (Å²) < 4.78 is 7.58. The highest BCUT2D eigenvalue weighted by Crippen LogP contribution is 2.42. The van der Waals surface area contributed by atoms with E-state index < -0.39 is 0 Å². The van der Waals surface area contributed by atoms with Gasteiger partial charge in [0.05, 0.1) is 5.54 Å². The fourth-order valence-electron chi connectivity index (χ4n) is 2.87. The van der Waals surface area contributed by atoms with Gasteiger partial charge in [0.2, 0.25) is 0 Å². The second-order valence-electron chi connectivity index (χ2n) is 6.26. The average molecular weight is 348 g/mol. The van der Waals surface area contributed by atoms with Crippen LogP contribution in [0.5, 0.6) is 0 Å². The van der Waals surface area contributed by atoms with Crippen LogP contribution in [-0.2, 0) is 5.54 Å². The van der Waals surface area contributed by atoms with Gasteiger partial charge in [0.15, 0.2) is 5.76 Å². The zero-order valence-electron chi connectivity index (χ0n) is 13.9. The monoisotopic (exact) mass is 348 g/mol. The third-order valence-corrected chi connectivity index (χ3v) is 4.54. The quantitative estimate of drug-likeness (QED) is 0.413. The molecule has 1 N–H and O–H groups in total. The number of nitrogens with one attached hydrogen (secondary N) is 1. The number of carbonyl (C=O) groups excluding carboxylic acids is 1. The van der Waals surface area contributed by atoms with E-state index in [-0.39, 0.29) is 17.2 Å². The van der Waals surface area contributed by atoms with E-state index in [1.54, 1.807) is 42.6 Å². The first kappa shape index (κ1) is 16.0. The number of hydrogen-bond donors (Lipinski definition) is 1. The van der Waals surface area contributed by atoms with E-state index in [1.807, 2.05) is 16.9 Å². The molecule has 1 aliphatic rings. The minimum atomic E-state index is -0.250. The van der Waals surface area contributed by atoms with Gasteiger partial charge in [-0.05, 0) is 36.6 Å². The maximum atomic E-state index is 12.4. The number of nitrogens with zero attached hydrogens (tertiary/aromatic N) is 5. The molecule has 1 fully saturated rings. The summed E-state index contributed by atoms with van der Waals surface area (Å²) in [7, 11) is 0. The second-order valence-corrected chi connectivity index (χ2v) is 6.26. The molecule has 4 rings (SSSR count). The lowest BCUT2D eigenvalue weighted by Crippen LogP contribution is -2.35. The zero-order valence-corrected chi connectivity index (χ0v) is 13.9. The van der Waals surface area contributed by atoms with Crippen LogP contribution in [0.3, 0.4) is 0 Å². The molecular weight excluding hydrogens is 332 g/mol. The third-order valence-electron chi connectivity index (χ3n) is 4.54. The van der Waals surface area contributed by atoms with E-state index >= 15 is 0 Å². The highest BCUT2D eigenvalue weighted by atomic mass is 16.3. The van der Waals surface area contributed by atoms with Crippen LogP contribution in [0.1, 0.15) is 23.4 Å². The molecule has 0 radical (unpaired) electrons. The van der Waals surface area contributed by atoms with Crippen molar-refractivity contribution in [2.45, 2.75) is 18.4 Å². The van der Waals surface area contributed by atoms with Gasteiger partial charge in [0.25, 0.3) is 5.91 Å². The molecule has 0 atom stereocenters. The van der Waals surface area contributed by atoms with Gasteiger partial charge in [0, 0.05) is 35.1 Å². The predicted molar refractivity (Wildman–Crippen MR) is 94.7 cm³/mol. The minimum Gasteiger partial charge on any atom is -0.451 e. The first-order chi connectivity index (χ1) is 12.7. The van der Waals surface area contributed by atoms with Gasteiger partial charge in [-0.1, -0.05) is 29.4 Å². The summed E-state index contributed by atoms with van der Waals surface area (Å²) in [5.74, 6) is 0.589. The second kappa shape index (κ2) is 6.42. The van der Waals surface area contributed by atoms with Gasteiger partial charge in [0.1, 0.15) is 5.76 Å². The number of azide groups is 1. The smallest absolute Gasteiger partial charge is 0.287 e. The Labute approximate surface area is 149 Å². The Morgan fingerprint density at radius 1 is 1.31 bits per heavy atom. The van der Waals surface area contributed by atoms with Crippen molar-refractivity contribution in [1.29, 1.82) is 0 Å². The topological polar surface area (TPSA) is 109 Å². The molecule has 1 amide bonds. The number of rotatable bonds is 6. The summed E-state index contributed by atoms with van der Waals surface area (Å²) in [5, 5.41) is 10.7. The van der Waals surface area contributed by atoms with E-state index in [4.69, 9.17) is 9.95 Å². The SMILES string of the molecule is [N-]=[N+]=Nc1ccc(-c2ccc(C(=O)NCC3(n4cccn4)CC3)o2)cc1. The Hall–Kier alpha value is -3.51. The van der Waals surface area contributed by atoms with Crippen molar-refractivity contribution in [1.82, 2.24) is 15.1 Å². The van der Waals surface area contributed by atoms with Gasteiger partial charge in [-0.2, -0.15) is 5.10 Å². The van der Waals surface area contributed by atoms with Crippen molar-refractivity contribution >= 4 is 11.6 Å². The molecule has 1 aliphatic carbocycles. The van der Waals surface area contributed by atoms with Crippen LogP contribution in [0.2, 0.25) is 0 Å². The highest BCUT2D eigenvalue weighted by Gasteiger charge is 2.45. The lowest BCUT2D eigenvalue weighted by atomic mass is 10.1. The number of furan rings is 1. The average Bonchev–Trinajstić information content (AvgIpc) is 3.06. The summed E-state index contributed by atoms with van der Waals surface area (Å²) in [6.07, 6.45) is 5.66. The first-order valence-electron chi connectivity index (χ1n) is 8.24. The van der Waals surface area contributed by atoms with Crippen LogP contribution in [0.15, 0.2) is 64.4 Å². The lowest BCUT2D eigenvalue weighted by Gasteiger charge is -2.16. The molecule has 3 aromatic rings. The molecule has 8 nitrogen and oxygen atoms in total. The number of benzene rings is 1. The molecule has 0 unspecified atom stereocenters. The van der Waals surface area contributed by atoms with Crippen LogP contribution in [-0.4, -0.2) is 22.2 Å². The molecular formula is C18H16N6O2. The fraction of sp³-hybridized carbons (Fsp3) is 0.222. The van der Waals surface area contributed by atoms with Crippen LogP contribution in [0.25, 0.3) is 21.8 Å². The molecule has 26 heavy (non-hydrogen) atoms. The van der Waals surface area contributed by atoms with Gasteiger partial charge < -0.3 is 9.73 Å². The van der Waals surface area contributed by atoms with Crippen molar-refractivity contribution < 1.29 is 9.21 Å². The Kier molecular flexibility index (Phi) is 3.95. The van der Waals surface area contributed by atoms with Gasteiger partial charge >= 0.3 is 0 Å². The van der Waals surface area contributed by atoms with Crippen LogP contribution in [0, 0.1) is 0 Å². The van der Waals surface area contributed by atoms with Gasteiger partial charge in [-0.25, -0.2) is 0 Å². The van der Waals surface area contributed by atoms with Crippen molar-refractivity contribution in [3.05, 3.63) is 71.1 Å². The maximum Gasteiger partial charge on any atom is 0.287 e. The minimum absolute atomic E-state index is 0.105. The predicted octanol–water partition coefficient (Wildman–Crippen LogP) is 4.00. The lowest BCUT2D eigenvalue weighted by molar-refractivity contribution is 0.0917. The normalized spacial score (nSPS) is 14.5. The summed E-state index contributed by atoms with van der Waals surface area (Å²) in [5.41, 5.74) is 9.65. The molecule has 0 bridgehead atoms. The first-order valence-corrected chi connectivity index (χ1v) is 8.24. The molecule has 130 valence electrons. The molecule has 8 heteroatoms. The van der Waals surface area contributed by atoms with Crippen molar-refractivity contribution in [2.24, 2.45) is 5.11 Å². The zero-order chi connectivity index (χ0) is 18.0. The van der Waals surface area contributed by atoms with Crippen molar-refractivity contribution in [3.8, 4) is 11.3 Å². The number of carbonyl (C=O) groups is 1. The molecule has 0 aliphatic heterocycles. The Morgan fingerprint density at radius 3 is 2.77 bits per heavy atom. The Balaban J connectivity index is 1.42. The van der Waals surface area contributed by atoms with Gasteiger partial charge in [-0.15, -0.1) is 0 Å². The van der Waals surface area contributed by atoms with E-state index in [0.29, 0.717) is 18.0 Å². The summed E-state index contributed by atoms with van der Waals surface area (Å²) in [6.45, 7) is 0.518. The van der Waals surface area contributed by atoms with Gasteiger partial charge in [-0.3, -0.25) is 9.48 Å². The molecule has 2 aromatic heterocycles. The number of amides is 1.